The Bertz CT molecular complexity index is 1210. The molecule has 10 nitrogen and oxygen atoms in total. The number of ether oxygens (including phenoxy) is 4. The lowest BCUT2D eigenvalue weighted by atomic mass is 10.1. The van der Waals surface area contributed by atoms with E-state index in [4.69, 9.17) is 18.9 Å². The summed E-state index contributed by atoms with van der Waals surface area (Å²) in [4.78, 5) is 22.5. The third-order valence-electron chi connectivity index (χ3n) is 4.94. The lowest BCUT2D eigenvalue weighted by Crippen LogP contribution is -2.19. The maximum Gasteiger partial charge on any atom is 0.269 e. The van der Waals surface area contributed by atoms with Crippen LogP contribution in [0.15, 0.2) is 65.8 Å². The fourth-order valence-electron chi connectivity index (χ4n) is 3.15. The third-order valence-corrected chi connectivity index (χ3v) is 4.94. The molecule has 10 heteroatoms. The molecule has 0 aliphatic rings. The van der Waals surface area contributed by atoms with Crippen molar-refractivity contribution >= 4 is 17.8 Å². The number of hydrogen-bond acceptors (Lipinski definition) is 8. The van der Waals surface area contributed by atoms with Crippen molar-refractivity contribution in [2.45, 2.75) is 13.0 Å². The number of hydrazone groups is 1. The van der Waals surface area contributed by atoms with Crippen LogP contribution >= 0.6 is 0 Å². The summed E-state index contributed by atoms with van der Waals surface area (Å²) in [6.45, 7) is 0.216. The molecule has 3 aromatic carbocycles. The van der Waals surface area contributed by atoms with Crippen molar-refractivity contribution in [1.82, 2.24) is 5.43 Å². The van der Waals surface area contributed by atoms with Crippen LogP contribution in [0.25, 0.3) is 0 Å². The minimum Gasteiger partial charge on any atom is -0.493 e. The number of methoxy groups -OCH3 is 3. The predicted molar refractivity (Wildman–Crippen MR) is 129 cm³/mol. The lowest BCUT2D eigenvalue weighted by molar-refractivity contribution is -0.384. The normalized spacial score (nSPS) is 10.6. The average Bonchev–Trinajstić information content (AvgIpc) is 2.87. The molecule has 0 aromatic heterocycles. The number of nitrogens with one attached hydrogen (secondary N) is 1. The van der Waals surface area contributed by atoms with Gasteiger partial charge in [-0.05, 0) is 59.2 Å². The molecule has 0 heterocycles. The van der Waals surface area contributed by atoms with Gasteiger partial charge in [0.05, 0.1) is 38.9 Å². The van der Waals surface area contributed by atoms with Crippen molar-refractivity contribution < 1.29 is 28.7 Å². The molecule has 1 amide bonds. The minimum absolute atomic E-state index is 0.0192. The highest BCUT2D eigenvalue weighted by Gasteiger charge is 2.09. The van der Waals surface area contributed by atoms with Crippen LogP contribution in [-0.2, 0) is 17.8 Å². The topological polar surface area (TPSA) is 122 Å². The molecule has 0 spiro atoms. The molecule has 0 aliphatic carbocycles. The van der Waals surface area contributed by atoms with Crippen LogP contribution < -0.4 is 24.4 Å². The van der Waals surface area contributed by atoms with Crippen molar-refractivity contribution in [3.05, 3.63) is 87.5 Å². The molecule has 0 bridgehead atoms. The molecular weight excluding hydrogens is 454 g/mol. The van der Waals surface area contributed by atoms with E-state index >= 15 is 0 Å². The number of rotatable bonds is 11. The molecule has 0 aliphatic heterocycles. The Hall–Kier alpha value is -4.60. The van der Waals surface area contributed by atoms with Crippen LogP contribution in [0.3, 0.4) is 0 Å². The largest absolute Gasteiger partial charge is 0.493 e. The third kappa shape index (κ3) is 6.94. The smallest absolute Gasteiger partial charge is 0.269 e. The van der Waals surface area contributed by atoms with Crippen LogP contribution in [0.1, 0.15) is 16.7 Å². The molecule has 0 saturated carbocycles. The lowest BCUT2D eigenvalue weighted by Gasteiger charge is -2.11. The molecule has 0 saturated heterocycles. The quantitative estimate of drug-likeness (QED) is 0.251. The van der Waals surface area contributed by atoms with Crippen molar-refractivity contribution in [2.75, 3.05) is 21.3 Å². The van der Waals surface area contributed by atoms with Crippen LogP contribution in [-0.4, -0.2) is 38.4 Å². The van der Waals surface area contributed by atoms with Gasteiger partial charge in [0, 0.05) is 12.1 Å². The summed E-state index contributed by atoms with van der Waals surface area (Å²) in [5.41, 5.74) is 4.74. The van der Waals surface area contributed by atoms with E-state index in [1.807, 2.05) is 0 Å². The summed E-state index contributed by atoms with van der Waals surface area (Å²) >= 11 is 0. The van der Waals surface area contributed by atoms with Crippen LogP contribution in [0.4, 0.5) is 5.69 Å². The first-order valence-corrected chi connectivity index (χ1v) is 10.5. The molecule has 0 unspecified atom stereocenters. The number of nitro groups is 1. The van der Waals surface area contributed by atoms with Gasteiger partial charge >= 0.3 is 0 Å². The zero-order valence-corrected chi connectivity index (χ0v) is 19.5. The van der Waals surface area contributed by atoms with E-state index in [0.717, 1.165) is 11.1 Å². The zero-order valence-electron chi connectivity index (χ0n) is 19.5. The first-order valence-electron chi connectivity index (χ1n) is 10.5. The first-order chi connectivity index (χ1) is 16.9. The predicted octanol–water partition coefficient (Wildman–Crippen LogP) is 3.89. The second-order valence-electron chi connectivity index (χ2n) is 7.28. The molecule has 1 N–H and O–H groups in total. The highest BCUT2D eigenvalue weighted by atomic mass is 16.6. The van der Waals surface area contributed by atoms with Gasteiger partial charge < -0.3 is 18.9 Å². The van der Waals surface area contributed by atoms with Gasteiger partial charge in [0.15, 0.2) is 23.0 Å². The van der Waals surface area contributed by atoms with Crippen molar-refractivity contribution in [3.63, 3.8) is 0 Å². The number of nitrogens with zero attached hydrogens (tertiary/aromatic N) is 2. The van der Waals surface area contributed by atoms with E-state index in [2.05, 4.69) is 10.5 Å². The Morgan fingerprint density at radius 3 is 2.17 bits per heavy atom. The summed E-state index contributed by atoms with van der Waals surface area (Å²) in [6.07, 6.45) is 1.62. The highest BCUT2D eigenvalue weighted by molar-refractivity contribution is 5.84. The van der Waals surface area contributed by atoms with E-state index in [0.29, 0.717) is 28.6 Å². The monoisotopic (exact) mass is 479 g/mol. The molecule has 3 aromatic rings. The molecule has 35 heavy (non-hydrogen) atoms. The number of non-ortho nitro benzene ring substituents is 1. The number of hydrogen-bond donors (Lipinski definition) is 1. The number of carbonyl (C=O) groups is 1. The van der Waals surface area contributed by atoms with Crippen molar-refractivity contribution in [1.29, 1.82) is 0 Å². The van der Waals surface area contributed by atoms with Gasteiger partial charge in [-0.2, -0.15) is 5.10 Å². The second-order valence-corrected chi connectivity index (χ2v) is 7.28. The van der Waals surface area contributed by atoms with Gasteiger partial charge in [0.2, 0.25) is 5.91 Å². The Morgan fingerprint density at radius 1 is 0.886 bits per heavy atom. The van der Waals surface area contributed by atoms with E-state index in [-0.39, 0.29) is 24.6 Å². The summed E-state index contributed by atoms with van der Waals surface area (Å²) in [6, 6.07) is 16.6. The molecule has 0 fully saturated rings. The van der Waals surface area contributed by atoms with Crippen LogP contribution in [0, 0.1) is 10.1 Å². The Labute approximate surface area is 202 Å². The molecule has 182 valence electrons. The van der Waals surface area contributed by atoms with Crippen LogP contribution in [0.2, 0.25) is 0 Å². The minimum atomic E-state index is -0.452. The van der Waals surface area contributed by atoms with Crippen LogP contribution in [0.5, 0.6) is 23.0 Å². The SMILES string of the molecule is COc1ccc(CC(=O)N/N=C/c2ccc(OCc3ccc([N+](=O)[O-])cc3)c(OC)c2)cc1OC. The van der Waals surface area contributed by atoms with E-state index in [1.54, 1.807) is 55.6 Å². The molecule has 3 rings (SSSR count). The Balaban J connectivity index is 1.56. The number of benzene rings is 3. The summed E-state index contributed by atoms with van der Waals surface area (Å²) in [5, 5.41) is 14.8. The van der Waals surface area contributed by atoms with E-state index in [9.17, 15) is 14.9 Å². The van der Waals surface area contributed by atoms with Gasteiger partial charge in [0.1, 0.15) is 6.61 Å². The summed E-state index contributed by atoms with van der Waals surface area (Å²) in [5.74, 6) is 1.82. The molecule has 0 atom stereocenters. The summed E-state index contributed by atoms with van der Waals surface area (Å²) in [7, 11) is 4.60. The van der Waals surface area contributed by atoms with Gasteiger partial charge in [-0.15, -0.1) is 0 Å². The van der Waals surface area contributed by atoms with E-state index in [1.165, 1.54) is 32.6 Å². The Morgan fingerprint density at radius 2 is 1.51 bits per heavy atom. The fourth-order valence-corrected chi connectivity index (χ4v) is 3.15. The maximum absolute atomic E-state index is 12.2. The van der Waals surface area contributed by atoms with Crippen molar-refractivity contribution in [2.24, 2.45) is 5.10 Å². The molecule has 0 radical (unpaired) electrons. The van der Waals surface area contributed by atoms with Crippen molar-refractivity contribution in [3.8, 4) is 23.0 Å². The number of nitro benzene ring substituents is 1. The first kappa shape index (κ1) is 25.0. The van der Waals surface area contributed by atoms with Gasteiger partial charge in [0.25, 0.3) is 5.69 Å². The number of amides is 1. The zero-order chi connectivity index (χ0) is 25.2. The molecular formula is C25H25N3O7. The highest BCUT2D eigenvalue weighted by Crippen LogP contribution is 2.29. The van der Waals surface area contributed by atoms with Gasteiger partial charge in [-0.25, -0.2) is 5.43 Å². The second kappa shape index (κ2) is 12.0. The Kier molecular flexibility index (Phi) is 8.60. The van der Waals surface area contributed by atoms with Gasteiger partial charge in [-0.3, -0.25) is 14.9 Å². The standard InChI is InChI=1S/C25H25N3O7/c1-32-21-10-6-18(12-23(21)33-2)14-25(29)27-26-15-19-7-11-22(24(13-19)34-3)35-16-17-4-8-20(9-5-17)28(30)31/h4-13,15H,14,16H2,1-3H3,(H,27,29)/b26-15+. The number of carbonyl (C=O) groups excluding carboxylic acids is 1. The fraction of sp³-hybridized carbons (Fsp3) is 0.200. The van der Waals surface area contributed by atoms with E-state index < -0.39 is 4.92 Å². The van der Waals surface area contributed by atoms with Gasteiger partial charge in [-0.1, -0.05) is 6.07 Å². The summed E-state index contributed by atoms with van der Waals surface area (Å²) < 4.78 is 21.6. The maximum atomic E-state index is 12.2. The average molecular weight is 479 g/mol.